The largest absolute Gasteiger partial charge is 0.497 e. The maximum atomic E-state index is 6.68. The summed E-state index contributed by atoms with van der Waals surface area (Å²) in [7, 11) is 1.67. The number of methoxy groups -OCH3 is 1. The lowest BCUT2D eigenvalue weighted by Crippen LogP contribution is -2.01. The van der Waals surface area contributed by atoms with Crippen molar-refractivity contribution in [3.8, 4) is 62.1 Å². The number of para-hydroxylation sites is 1. The van der Waals surface area contributed by atoms with E-state index in [-0.39, 0.29) is 0 Å². The highest BCUT2D eigenvalue weighted by Crippen LogP contribution is 2.43. The molecule has 0 aliphatic carbocycles. The molecule has 0 radical (unpaired) electrons. The van der Waals surface area contributed by atoms with Crippen molar-refractivity contribution in [1.82, 2.24) is 19.3 Å². The van der Waals surface area contributed by atoms with Gasteiger partial charge in [-0.1, -0.05) is 97.1 Å². The summed E-state index contributed by atoms with van der Waals surface area (Å²) < 4.78 is 16.4. The van der Waals surface area contributed by atoms with Crippen molar-refractivity contribution >= 4 is 21.8 Å². The number of benzene rings is 6. The van der Waals surface area contributed by atoms with Gasteiger partial charge < -0.3 is 9.47 Å². The zero-order valence-electron chi connectivity index (χ0n) is 30.6. The van der Waals surface area contributed by atoms with Crippen LogP contribution in [-0.4, -0.2) is 26.4 Å². The van der Waals surface area contributed by atoms with Crippen LogP contribution in [0.3, 0.4) is 0 Å². The minimum atomic E-state index is 0.726. The third-order valence-corrected chi connectivity index (χ3v) is 10.1. The zero-order valence-corrected chi connectivity index (χ0v) is 30.6. The van der Waals surface area contributed by atoms with Crippen LogP contribution in [0.15, 0.2) is 158 Å². The summed E-state index contributed by atoms with van der Waals surface area (Å²) in [5.74, 6) is 2.98. The Kier molecular flexibility index (Phi) is 8.28. The van der Waals surface area contributed by atoms with Gasteiger partial charge in [-0.2, -0.15) is 5.10 Å². The van der Waals surface area contributed by atoms with Crippen LogP contribution in [0.25, 0.3) is 66.7 Å². The van der Waals surface area contributed by atoms with Crippen LogP contribution >= 0.6 is 0 Å². The SMILES string of the molecule is COc1ccnc(-n2c3ccccc3c3ccc(Oc4cc(C)cc(-n5nc(C)c(-c6c(-c7ccccc7)cccc6-c6ccccc6)c5C)c4)cc32)c1. The highest BCUT2D eigenvalue weighted by Gasteiger charge is 2.22. The number of hydrogen-bond donors (Lipinski definition) is 0. The molecule has 9 rings (SSSR count). The van der Waals surface area contributed by atoms with E-state index in [9.17, 15) is 0 Å². The van der Waals surface area contributed by atoms with Gasteiger partial charge in [-0.25, -0.2) is 9.67 Å². The molecule has 0 unspecified atom stereocenters. The number of aromatic nitrogens is 4. The average molecular weight is 703 g/mol. The minimum absolute atomic E-state index is 0.726. The van der Waals surface area contributed by atoms with Crippen LogP contribution in [0.5, 0.6) is 17.2 Å². The third-order valence-electron chi connectivity index (χ3n) is 10.1. The predicted octanol–water partition coefficient (Wildman–Crippen LogP) is 12.1. The number of rotatable bonds is 8. The lowest BCUT2D eigenvalue weighted by atomic mass is 9.87. The molecule has 3 aromatic heterocycles. The molecule has 0 N–H and O–H groups in total. The summed E-state index contributed by atoms with van der Waals surface area (Å²) in [5.41, 5.74) is 13.1. The van der Waals surface area contributed by atoms with E-state index >= 15 is 0 Å². The van der Waals surface area contributed by atoms with Gasteiger partial charge in [0.15, 0.2) is 0 Å². The highest BCUT2D eigenvalue weighted by atomic mass is 16.5. The fourth-order valence-corrected chi connectivity index (χ4v) is 7.75. The molecule has 6 aromatic carbocycles. The monoisotopic (exact) mass is 702 g/mol. The Morgan fingerprint density at radius 1 is 0.537 bits per heavy atom. The van der Waals surface area contributed by atoms with E-state index in [0.29, 0.717) is 0 Å². The smallest absolute Gasteiger partial charge is 0.141 e. The van der Waals surface area contributed by atoms with Crippen molar-refractivity contribution in [2.24, 2.45) is 0 Å². The summed E-state index contributed by atoms with van der Waals surface area (Å²) in [6.45, 7) is 6.36. The Hall–Kier alpha value is -6.92. The van der Waals surface area contributed by atoms with Gasteiger partial charge in [-0.05, 0) is 85.0 Å². The zero-order chi connectivity index (χ0) is 36.8. The fourth-order valence-electron chi connectivity index (χ4n) is 7.75. The summed E-state index contributed by atoms with van der Waals surface area (Å²) >= 11 is 0. The molecule has 6 heteroatoms. The first-order valence-corrected chi connectivity index (χ1v) is 18.1. The van der Waals surface area contributed by atoms with Crippen LogP contribution in [0.1, 0.15) is 17.0 Å². The molecular formula is C48H38N4O2. The molecule has 3 heterocycles. The third kappa shape index (κ3) is 5.78. The number of fused-ring (bicyclic) bond motifs is 3. The van der Waals surface area contributed by atoms with Crippen LogP contribution in [0, 0.1) is 20.8 Å². The number of ether oxygens (including phenoxy) is 2. The van der Waals surface area contributed by atoms with E-state index in [0.717, 1.165) is 73.1 Å². The Morgan fingerprint density at radius 3 is 1.94 bits per heavy atom. The summed E-state index contributed by atoms with van der Waals surface area (Å²) in [6.07, 6.45) is 1.77. The molecule has 0 atom stereocenters. The number of pyridine rings is 1. The lowest BCUT2D eigenvalue weighted by Gasteiger charge is -2.17. The van der Waals surface area contributed by atoms with Gasteiger partial charge >= 0.3 is 0 Å². The van der Waals surface area contributed by atoms with Gasteiger partial charge in [0.05, 0.1) is 29.5 Å². The van der Waals surface area contributed by atoms with Gasteiger partial charge in [-0.3, -0.25) is 4.57 Å². The second-order valence-electron chi connectivity index (χ2n) is 13.6. The van der Waals surface area contributed by atoms with E-state index in [1.54, 1.807) is 13.3 Å². The molecule has 0 aliphatic rings. The summed E-state index contributed by atoms with van der Waals surface area (Å²) in [4.78, 5) is 4.72. The highest BCUT2D eigenvalue weighted by molar-refractivity contribution is 6.09. The molecule has 0 spiro atoms. The van der Waals surface area contributed by atoms with Crippen LogP contribution in [0.2, 0.25) is 0 Å². The molecule has 0 bridgehead atoms. The van der Waals surface area contributed by atoms with Crippen LogP contribution in [0.4, 0.5) is 0 Å². The van der Waals surface area contributed by atoms with Crippen molar-refractivity contribution in [1.29, 1.82) is 0 Å². The molecule has 0 amide bonds. The van der Waals surface area contributed by atoms with E-state index in [2.05, 4.69) is 163 Å². The maximum Gasteiger partial charge on any atom is 0.141 e. The lowest BCUT2D eigenvalue weighted by molar-refractivity contribution is 0.414. The average Bonchev–Trinajstić information content (AvgIpc) is 3.70. The van der Waals surface area contributed by atoms with Crippen molar-refractivity contribution in [2.45, 2.75) is 20.8 Å². The summed E-state index contributed by atoms with van der Waals surface area (Å²) in [5, 5.41) is 7.44. The second-order valence-corrected chi connectivity index (χ2v) is 13.6. The van der Waals surface area contributed by atoms with Crippen molar-refractivity contribution < 1.29 is 9.47 Å². The molecule has 0 saturated heterocycles. The topological polar surface area (TPSA) is 54.1 Å². The molecule has 54 heavy (non-hydrogen) atoms. The van der Waals surface area contributed by atoms with Gasteiger partial charge in [-0.15, -0.1) is 0 Å². The molecule has 0 saturated carbocycles. The first-order valence-electron chi connectivity index (χ1n) is 18.1. The fraction of sp³-hybridized carbons (Fsp3) is 0.0833. The van der Waals surface area contributed by atoms with E-state index < -0.39 is 0 Å². The van der Waals surface area contributed by atoms with E-state index in [1.165, 1.54) is 27.8 Å². The number of aryl methyl sites for hydroxylation is 2. The molecule has 262 valence electrons. The summed E-state index contributed by atoms with van der Waals surface area (Å²) in [6, 6.07) is 52.5. The van der Waals surface area contributed by atoms with Crippen molar-refractivity contribution in [3.63, 3.8) is 0 Å². The molecule has 0 fully saturated rings. The van der Waals surface area contributed by atoms with Crippen LogP contribution < -0.4 is 9.47 Å². The second kappa shape index (κ2) is 13.6. The van der Waals surface area contributed by atoms with Crippen molar-refractivity contribution in [3.05, 3.63) is 175 Å². The predicted molar refractivity (Wildman–Crippen MR) is 219 cm³/mol. The van der Waals surface area contributed by atoms with E-state index in [1.807, 2.05) is 18.2 Å². The quantitative estimate of drug-likeness (QED) is 0.158. The Morgan fingerprint density at radius 2 is 1.22 bits per heavy atom. The normalized spacial score (nSPS) is 11.3. The standard InChI is InChI=1S/C48H38N4O2/c1-31-26-36(52-33(3)47(32(2)50-52)48-40(34-14-7-5-8-15-34)19-13-20-41(48)35-16-9-6-10-17-35)28-39(27-31)54-38-22-23-43-42-18-11-12-21-44(42)51(45(43)29-38)46-30-37(53-4)24-25-49-46/h5-30H,1-4H3. The van der Waals surface area contributed by atoms with Gasteiger partial charge in [0, 0.05) is 52.0 Å². The Labute approximate surface area is 314 Å². The Balaban J connectivity index is 1.14. The molecule has 0 aliphatic heterocycles. The van der Waals surface area contributed by atoms with Gasteiger partial charge in [0.2, 0.25) is 0 Å². The van der Waals surface area contributed by atoms with E-state index in [4.69, 9.17) is 19.6 Å². The Bertz CT molecular complexity index is 2760. The molecule has 6 nitrogen and oxygen atoms in total. The number of nitrogens with zero attached hydrogens (tertiary/aromatic N) is 4. The van der Waals surface area contributed by atoms with Crippen LogP contribution in [-0.2, 0) is 0 Å². The van der Waals surface area contributed by atoms with Crippen molar-refractivity contribution in [2.75, 3.05) is 7.11 Å². The first-order chi connectivity index (χ1) is 26.5. The first kappa shape index (κ1) is 33.0. The maximum absolute atomic E-state index is 6.68. The molecule has 9 aromatic rings. The van der Waals surface area contributed by atoms with Gasteiger partial charge in [0.25, 0.3) is 0 Å². The number of hydrogen-bond acceptors (Lipinski definition) is 4. The minimum Gasteiger partial charge on any atom is -0.497 e. The van der Waals surface area contributed by atoms with Gasteiger partial charge in [0.1, 0.15) is 23.1 Å². The molecular weight excluding hydrogens is 665 g/mol.